The van der Waals surface area contributed by atoms with Crippen molar-refractivity contribution in [1.29, 1.82) is 0 Å². The summed E-state index contributed by atoms with van der Waals surface area (Å²) in [5.41, 5.74) is 3.37. The lowest BCUT2D eigenvalue weighted by Crippen LogP contribution is -2.13. The molecule has 1 atom stereocenters. The van der Waals surface area contributed by atoms with E-state index in [1.54, 1.807) is 10.5 Å². The summed E-state index contributed by atoms with van der Waals surface area (Å²) in [4.78, 5) is 31.5. The molecule has 0 spiro atoms. The third-order valence-corrected chi connectivity index (χ3v) is 11.5. The molecule has 0 N–H and O–H groups in total. The minimum absolute atomic E-state index is 0.125. The Morgan fingerprint density at radius 2 is 1.27 bits per heavy atom. The fourth-order valence-electron chi connectivity index (χ4n) is 8.51. The molecule has 55 heavy (non-hydrogen) atoms. The summed E-state index contributed by atoms with van der Waals surface area (Å²) in [5.74, 6) is 7.14. The molecule has 7 rings (SSSR count). The maximum absolute atomic E-state index is 14.5. The van der Waals surface area contributed by atoms with E-state index >= 15 is 0 Å². The highest BCUT2D eigenvalue weighted by molar-refractivity contribution is 6.20. The van der Waals surface area contributed by atoms with E-state index in [0.717, 1.165) is 63.7 Å². The van der Waals surface area contributed by atoms with Crippen molar-refractivity contribution in [3.63, 3.8) is 0 Å². The summed E-state index contributed by atoms with van der Waals surface area (Å²) in [5, 5.41) is 18.0. The summed E-state index contributed by atoms with van der Waals surface area (Å²) in [7, 11) is 0. The molecule has 0 aliphatic heterocycles. The van der Waals surface area contributed by atoms with Crippen molar-refractivity contribution in [1.82, 2.24) is 9.38 Å². The molecule has 7 aromatic rings. The van der Waals surface area contributed by atoms with Gasteiger partial charge in [0.2, 0.25) is 0 Å². The summed E-state index contributed by atoms with van der Waals surface area (Å²) < 4.78 is 1.57. The molecule has 0 saturated heterocycles. The number of pyridine rings is 1. The number of benzene rings is 5. The third-order valence-electron chi connectivity index (χ3n) is 11.5. The van der Waals surface area contributed by atoms with Crippen LogP contribution in [-0.4, -0.2) is 14.3 Å². The second-order valence-electron chi connectivity index (χ2n) is 15.4. The van der Waals surface area contributed by atoms with Gasteiger partial charge in [-0.1, -0.05) is 182 Å². The Hall–Kier alpha value is -5.28. The molecule has 6 heteroatoms. The number of non-ortho nitro benzene ring substituents is 1. The van der Waals surface area contributed by atoms with Crippen molar-refractivity contribution in [2.24, 2.45) is 5.92 Å². The molecule has 6 nitrogen and oxygen atoms in total. The zero-order valence-electron chi connectivity index (χ0n) is 32.5. The first kappa shape index (κ1) is 38.0. The average Bonchev–Trinajstić information content (AvgIpc) is 3.60. The Labute approximate surface area is 324 Å². The molecule has 2 heterocycles. The molecule has 2 aromatic heterocycles. The molecule has 0 fully saturated rings. The molecule has 0 aliphatic carbocycles. The first-order valence-corrected chi connectivity index (χ1v) is 20.8. The number of rotatable bonds is 18. The molecule has 282 valence electrons. The maximum atomic E-state index is 14.5. The van der Waals surface area contributed by atoms with Gasteiger partial charge >= 0.3 is 0 Å². The van der Waals surface area contributed by atoms with Crippen LogP contribution in [0.5, 0.6) is 0 Å². The van der Waals surface area contributed by atoms with Gasteiger partial charge in [-0.3, -0.25) is 19.3 Å². The number of nitro groups is 1. The smallest absolute Gasteiger partial charge is 0.268 e. The van der Waals surface area contributed by atoms with Gasteiger partial charge in [-0.15, -0.1) is 0 Å². The first-order chi connectivity index (χ1) is 27.0. The second kappa shape index (κ2) is 17.9. The van der Waals surface area contributed by atoms with E-state index in [4.69, 9.17) is 4.98 Å². The van der Waals surface area contributed by atoms with Crippen LogP contribution in [0.2, 0.25) is 0 Å². The minimum Gasteiger partial charge on any atom is -0.268 e. The van der Waals surface area contributed by atoms with Gasteiger partial charge in [0.25, 0.3) is 11.2 Å². The zero-order chi connectivity index (χ0) is 38.1. The van der Waals surface area contributed by atoms with E-state index in [2.05, 4.69) is 62.1 Å². The van der Waals surface area contributed by atoms with Crippen LogP contribution in [0.3, 0.4) is 0 Å². The molecule has 0 aliphatic rings. The van der Waals surface area contributed by atoms with Crippen LogP contribution >= 0.6 is 0 Å². The Bertz CT molecular complexity index is 2550. The van der Waals surface area contributed by atoms with E-state index in [-0.39, 0.29) is 22.7 Å². The predicted molar refractivity (Wildman–Crippen MR) is 230 cm³/mol. The number of unbranched alkanes of at least 4 members (excludes halogenated alkanes) is 12. The van der Waals surface area contributed by atoms with Gasteiger partial charge in [0.15, 0.2) is 5.52 Å². The lowest BCUT2D eigenvalue weighted by atomic mass is 9.91. The van der Waals surface area contributed by atoms with E-state index in [1.165, 1.54) is 77.0 Å². The lowest BCUT2D eigenvalue weighted by molar-refractivity contribution is -0.383. The summed E-state index contributed by atoms with van der Waals surface area (Å²) >= 11 is 0. The largest absolute Gasteiger partial charge is 0.298 e. The standard InChI is InChI=1S/C49H53N3O3/c1-3-5-7-9-11-12-14-16-22-35(21-15-13-10-8-6-4-2)29-30-36-33-44-47(45(34-36)52(54)55)50-48-42-28-20-27-41-40(31-32-43(46(41)42)49(53)51(44)48)39-26-19-24-37-23-17-18-25-38(37)39/h17-20,23-28,31-35H,3-16,21-22H2,1-2H3. The van der Waals surface area contributed by atoms with Crippen LogP contribution in [0.4, 0.5) is 5.69 Å². The van der Waals surface area contributed by atoms with Gasteiger partial charge in [0.05, 0.1) is 10.4 Å². The highest BCUT2D eigenvalue weighted by Crippen LogP contribution is 2.39. The number of fused-ring (bicyclic) bond motifs is 5. The number of hydrogen-bond acceptors (Lipinski definition) is 4. The summed E-state index contributed by atoms with van der Waals surface area (Å²) in [6.45, 7) is 4.50. The lowest BCUT2D eigenvalue weighted by Gasteiger charge is -2.13. The number of hydrogen-bond donors (Lipinski definition) is 0. The molecule has 1 unspecified atom stereocenters. The Morgan fingerprint density at radius 3 is 1.98 bits per heavy atom. The van der Waals surface area contributed by atoms with Crippen molar-refractivity contribution in [2.75, 3.05) is 0 Å². The first-order valence-electron chi connectivity index (χ1n) is 20.8. The summed E-state index contributed by atoms with van der Waals surface area (Å²) in [6.07, 6.45) is 19.7. The molecule has 0 radical (unpaired) electrons. The normalized spacial score (nSPS) is 12.3. The van der Waals surface area contributed by atoms with E-state index in [0.29, 0.717) is 22.1 Å². The van der Waals surface area contributed by atoms with Crippen molar-refractivity contribution in [3.05, 3.63) is 111 Å². The topological polar surface area (TPSA) is 77.5 Å². The van der Waals surface area contributed by atoms with E-state index < -0.39 is 4.92 Å². The SMILES string of the molecule is CCCCCCCCCCC(C#Cc1cc([N+](=O)[O-])c2nc3c4cccc5c(-c6cccc7ccccc67)ccc(c(=O)n3c2c1)c54)CCCCCCCC. The van der Waals surface area contributed by atoms with Gasteiger partial charge in [-0.25, -0.2) is 4.98 Å². The monoisotopic (exact) mass is 731 g/mol. The van der Waals surface area contributed by atoms with Gasteiger partial charge in [0, 0.05) is 33.7 Å². The fraction of sp³-hybridized carbons (Fsp3) is 0.388. The van der Waals surface area contributed by atoms with Crippen molar-refractivity contribution in [3.8, 4) is 23.0 Å². The second-order valence-corrected chi connectivity index (χ2v) is 15.4. The summed E-state index contributed by atoms with van der Waals surface area (Å²) in [6, 6.07) is 27.9. The molecular formula is C49H53N3O3. The highest BCUT2D eigenvalue weighted by Gasteiger charge is 2.24. The van der Waals surface area contributed by atoms with Crippen LogP contribution in [-0.2, 0) is 0 Å². The van der Waals surface area contributed by atoms with Crippen LogP contribution in [0.1, 0.15) is 122 Å². The molecule has 0 saturated carbocycles. The number of aromatic nitrogens is 2. The van der Waals surface area contributed by atoms with Crippen molar-refractivity contribution in [2.45, 2.75) is 117 Å². The van der Waals surface area contributed by atoms with Crippen molar-refractivity contribution >= 4 is 54.7 Å². The van der Waals surface area contributed by atoms with Crippen molar-refractivity contribution < 1.29 is 4.92 Å². The zero-order valence-corrected chi connectivity index (χ0v) is 32.5. The number of nitrogens with zero attached hydrogens (tertiary/aromatic N) is 3. The van der Waals surface area contributed by atoms with Crippen LogP contribution in [0.15, 0.2) is 89.7 Å². The molecular weight excluding hydrogens is 679 g/mol. The molecule has 5 aromatic carbocycles. The Morgan fingerprint density at radius 1 is 0.673 bits per heavy atom. The van der Waals surface area contributed by atoms with Crippen LogP contribution in [0.25, 0.3) is 60.1 Å². The van der Waals surface area contributed by atoms with Gasteiger partial charge in [-0.05, 0) is 52.3 Å². The van der Waals surface area contributed by atoms with Crippen LogP contribution < -0.4 is 5.56 Å². The van der Waals surface area contributed by atoms with E-state index in [1.807, 2.05) is 42.5 Å². The number of imidazole rings is 1. The van der Waals surface area contributed by atoms with Crippen LogP contribution in [0, 0.1) is 27.9 Å². The Kier molecular flexibility index (Phi) is 12.4. The maximum Gasteiger partial charge on any atom is 0.298 e. The van der Waals surface area contributed by atoms with Gasteiger partial charge in [-0.2, -0.15) is 0 Å². The highest BCUT2D eigenvalue weighted by atomic mass is 16.6. The predicted octanol–water partition coefficient (Wildman–Crippen LogP) is 13.6. The average molecular weight is 732 g/mol. The third kappa shape index (κ3) is 8.22. The fourth-order valence-corrected chi connectivity index (χ4v) is 8.51. The van der Waals surface area contributed by atoms with Gasteiger partial charge < -0.3 is 0 Å². The number of nitro benzene ring substituents is 1. The minimum atomic E-state index is -0.391. The molecule has 0 bridgehead atoms. The Balaban J connectivity index is 1.25. The van der Waals surface area contributed by atoms with Gasteiger partial charge in [0.1, 0.15) is 5.65 Å². The molecule has 0 amide bonds. The van der Waals surface area contributed by atoms with E-state index in [9.17, 15) is 14.9 Å². The quantitative estimate of drug-likeness (QED) is 0.0381.